The first-order valence-corrected chi connectivity index (χ1v) is 11.8. The number of carbonyl (C=O) groups is 2. The summed E-state index contributed by atoms with van der Waals surface area (Å²) in [6, 6.07) is 13.5. The Labute approximate surface area is 197 Å². The molecule has 0 radical (unpaired) electrons. The Hall–Kier alpha value is -3.26. The number of urea groups is 1. The summed E-state index contributed by atoms with van der Waals surface area (Å²) in [6.45, 7) is 8.70. The molecular formula is C25H29FN4O2S. The van der Waals surface area contributed by atoms with Gasteiger partial charge in [-0.05, 0) is 55.2 Å². The van der Waals surface area contributed by atoms with Crippen LogP contribution in [0.4, 0.5) is 14.9 Å². The van der Waals surface area contributed by atoms with Crippen molar-refractivity contribution in [3.05, 3.63) is 81.6 Å². The SMILES string of the molecule is CC(C)c1ccc(NC(=O)N(Cc2nc(C(=O)NCc3ccc(F)cc3)cs2)C(C)C)cc1. The van der Waals surface area contributed by atoms with Crippen LogP contribution in [0.1, 0.15) is 60.2 Å². The second-order valence-electron chi connectivity index (χ2n) is 8.36. The zero-order valence-electron chi connectivity index (χ0n) is 19.3. The van der Waals surface area contributed by atoms with Crippen LogP contribution < -0.4 is 10.6 Å². The van der Waals surface area contributed by atoms with Crippen LogP contribution in [0, 0.1) is 5.82 Å². The average Bonchev–Trinajstić information content (AvgIpc) is 3.26. The van der Waals surface area contributed by atoms with Gasteiger partial charge in [0.2, 0.25) is 0 Å². The number of halogens is 1. The maximum absolute atomic E-state index is 13.0. The van der Waals surface area contributed by atoms with Crippen molar-refractivity contribution in [2.24, 2.45) is 0 Å². The van der Waals surface area contributed by atoms with E-state index in [2.05, 4.69) is 29.5 Å². The van der Waals surface area contributed by atoms with E-state index in [1.54, 1.807) is 22.4 Å². The average molecular weight is 469 g/mol. The smallest absolute Gasteiger partial charge is 0.322 e. The van der Waals surface area contributed by atoms with Crippen molar-refractivity contribution in [1.29, 1.82) is 0 Å². The number of nitrogens with one attached hydrogen (secondary N) is 2. The van der Waals surface area contributed by atoms with Crippen LogP contribution in [0.2, 0.25) is 0 Å². The Kier molecular flexibility index (Phi) is 8.16. The molecule has 0 saturated heterocycles. The van der Waals surface area contributed by atoms with Crippen molar-refractivity contribution in [1.82, 2.24) is 15.2 Å². The fourth-order valence-corrected chi connectivity index (χ4v) is 3.92. The van der Waals surface area contributed by atoms with Gasteiger partial charge in [-0.2, -0.15) is 0 Å². The molecule has 0 aliphatic heterocycles. The van der Waals surface area contributed by atoms with E-state index < -0.39 is 0 Å². The molecule has 0 aliphatic carbocycles. The number of anilines is 1. The van der Waals surface area contributed by atoms with Crippen LogP contribution in [0.15, 0.2) is 53.9 Å². The molecule has 1 heterocycles. The number of hydrogen-bond donors (Lipinski definition) is 2. The lowest BCUT2D eigenvalue weighted by Crippen LogP contribution is -2.39. The molecule has 0 fully saturated rings. The number of amides is 3. The quantitative estimate of drug-likeness (QED) is 0.440. The van der Waals surface area contributed by atoms with E-state index >= 15 is 0 Å². The van der Waals surface area contributed by atoms with Crippen molar-refractivity contribution in [3.8, 4) is 0 Å². The van der Waals surface area contributed by atoms with Gasteiger partial charge in [-0.15, -0.1) is 11.3 Å². The van der Waals surface area contributed by atoms with E-state index in [1.165, 1.54) is 29.0 Å². The summed E-state index contributed by atoms with van der Waals surface area (Å²) in [7, 11) is 0. The van der Waals surface area contributed by atoms with E-state index in [0.717, 1.165) is 11.3 Å². The van der Waals surface area contributed by atoms with E-state index in [9.17, 15) is 14.0 Å². The highest BCUT2D eigenvalue weighted by molar-refractivity contribution is 7.09. The van der Waals surface area contributed by atoms with Gasteiger partial charge in [0.25, 0.3) is 5.91 Å². The predicted octanol–water partition coefficient (Wildman–Crippen LogP) is 5.78. The number of benzene rings is 2. The van der Waals surface area contributed by atoms with Crippen LogP contribution in [0.5, 0.6) is 0 Å². The molecule has 2 N–H and O–H groups in total. The molecule has 2 aromatic carbocycles. The molecule has 8 heteroatoms. The number of hydrogen-bond acceptors (Lipinski definition) is 4. The fourth-order valence-electron chi connectivity index (χ4n) is 3.14. The summed E-state index contributed by atoms with van der Waals surface area (Å²) in [4.78, 5) is 31.4. The molecule has 0 atom stereocenters. The molecule has 1 aromatic heterocycles. The maximum atomic E-state index is 13.0. The van der Waals surface area contributed by atoms with Gasteiger partial charge in [-0.3, -0.25) is 4.79 Å². The van der Waals surface area contributed by atoms with E-state index in [-0.39, 0.29) is 30.3 Å². The Morgan fingerprint density at radius 1 is 1.03 bits per heavy atom. The molecule has 3 amide bonds. The lowest BCUT2D eigenvalue weighted by Gasteiger charge is -2.26. The molecule has 0 saturated carbocycles. The van der Waals surface area contributed by atoms with Crippen molar-refractivity contribution in [3.63, 3.8) is 0 Å². The minimum Gasteiger partial charge on any atom is -0.347 e. The normalized spacial score (nSPS) is 11.0. The molecule has 174 valence electrons. The van der Waals surface area contributed by atoms with E-state index in [1.807, 2.05) is 38.1 Å². The predicted molar refractivity (Wildman–Crippen MR) is 130 cm³/mol. The fraction of sp³-hybridized carbons (Fsp3) is 0.320. The lowest BCUT2D eigenvalue weighted by atomic mass is 10.0. The van der Waals surface area contributed by atoms with Crippen LogP contribution in [0.3, 0.4) is 0 Å². The van der Waals surface area contributed by atoms with Crippen molar-refractivity contribution >= 4 is 29.0 Å². The van der Waals surface area contributed by atoms with Crippen LogP contribution >= 0.6 is 11.3 Å². The second kappa shape index (κ2) is 11.0. The molecule has 0 aliphatic rings. The van der Waals surface area contributed by atoms with Gasteiger partial charge in [0.1, 0.15) is 16.5 Å². The largest absolute Gasteiger partial charge is 0.347 e. The maximum Gasteiger partial charge on any atom is 0.322 e. The Morgan fingerprint density at radius 2 is 1.70 bits per heavy atom. The molecule has 0 spiro atoms. The summed E-state index contributed by atoms with van der Waals surface area (Å²) in [5.41, 5.74) is 3.03. The third-order valence-corrected chi connectivity index (χ3v) is 6.00. The van der Waals surface area contributed by atoms with Gasteiger partial charge in [0.15, 0.2) is 0 Å². The molecule has 0 bridgehead atoms. The minimum atomic E-state index is -0.319. The standard InChI is InChI=1S/C25H29FN4O2S/c1-16(2)19-7-11-21(12-8-19)28-25(32)30(17(3)4)14-23-29-22(15-33-23)24(31)27-13-18-5-9-20(26)10-6-18/h5-12,15-17H,13-14H2,1-4H3,(H,27,31)(H,28,32). The number of aromatic nitrogens is 1. The monoisotopic (exact) mass is 468 g/mol. The number of carbonyl (C=O) groups excluding carboxylic acids is 2. The van der Waals surface area contributed by atoms with Gasteiger partial charge in [0, 0.05) is 23.7 Å². The highest BCUT2D eigenvalue weighted by Gasteiger charge is 2.20. The summed E-state index contributed by atoms with van der Waals surface area (Å²) >= 11 is 1.33. The van der Waals surface area contributed by atoms with Gasteiger partial charge in [-0.1, -0.05) is 38.1 Å². The van der Waals surface area contributed by atoms with Gasteiger partial charge in [0.05, 0.1) is 6.54 Å². The van der Waals surface area contributed by atoms with Crippen molar-refractivity contribution in [2.75, 3.05) is 5.32 Å². The lowest BCUT2D eigenvalue weighted by molar-refractivity contribution is 0.0946. The zero-order valence-corrected chi connectivity index (χ0v) is 20.1. The zero-order chi connectivity index (χ0) is 24.0. The third kappa shape index (κ3) is 6.86. The minimum absolute atomic E-state index is 0.0559. The molecule has 3 aromatic rings. The number of nitrogens with zero attached hydrogens (tertiary/aromatic N) is 2. The van der Waals surface area contributed by atoms with Crippen molar-refractivity contribution in [2.45, 2.75) is 52.7 Å². The van der Waals surface area contributed by atoms with Crippen LogP contribution in [-0.4, -0.2) is 27.9 Å². The van der Waals surface area contributed by atoms with Crippen molar-refractivity contribution < 1.29 is 14.0 Å². The molecule has 0 unspecified atom stereocenters. The topological polar surface area (TPSA) is 74.3 Å². The summed E-state index contributed by atoms with van der Waals surface area (Å²) in [6.07, 6.45) is 0. The van der Waals surface area contributed by atoms with E-state index in [0.29, 0.717) is 23.2 Å². The van der Waals surface area contributed by atoms with Gasteiger partial charge >= 0.3 is 6.03 Å². The summed E-state index contributed by atoms with van der Waals surface area (Å²) in [5, 5.41) is 8.07. The Morgan fingerprint density at radius 3 is 2.30 bits per heavy atom. The molecule has 33 heavy (non-hydrogen) atoms. The second-order valence-corrected chi connectivity index (χ2v) is 9.31. The first-order chi connectivity index (χ1) is 15.7. The summed E-state index contributed by atoms with van der Waals surface area (Å²) in [5.74, 6) is -0.206. The highest BCUT2D eigenvalue weighted by Crippen LogP contribution is 2.19. The molecule has 3 rings (SSSR count). The summed E-state index contributed by atoms with van der Waals surface area (Å²) < 4.78 is 13.0. The Bertz CT molecular complexity index is 1080. The van der Waals surface area contributed by atoms with Gasteiger partial charge in [-0.25, -0.2) is 14.2 Å². The van der Waals surface area contributed by atoms with Gasteiger partial charge < -0.3 is 15.5 Å². The van der Waals surface area contributed by atoms with Crippen LogP contribution in [0.25, 0.3) is 0 Å². The van der Waals surface area contributed by atoms with E-state index in [4.69, 9.17) is 0 Å². The number of thiazole rings is 1. The first-order valence-electron chi connectivity index (χ1n) is 10.9. The third-order valence-electron chi connectivity index (χ3n) is 5.17. The number of rotatable bonds is 8. The highest BCUT2D eigenvalue weighted by atomic mass is 32.1. The first kappa shape index (κ1) is 24.4. The Balaban J connectivity index is 1.59. The van der Waals surface area contributed by atoms with Crippen LogP contribution in [-0.2, 0) is 13.1 Å². The molecule has 6 nitrogen and oxygen atoms in total. The molecular weight excluding hydrogens is 439 g/mol.